The van der Waals surface area contributed by atoms with Crippen LogP contribution in [0.3, 0.4) is 0 Å². The molecule has 1 aliphatic rings. The van der Waals surface area contributed by atoms with E-state index in [2.05, 4.69) is 53.3 Å². The number of piperazine rings is 1. The van der Waals surface area contributed by atoms with Crippen LogP contribution in [0.25, 0.3) is 10.1 Å². The minimum atomic E-state index is 0.357. The highest BCUT2D eigenvalue weighted by Crippen LogP contribution is 2.33. The minimum absolute atomic E-state index is 0.357. The second-order valence-corrected chi connectivity index (χ2v) is 7.02. The lowest BCUT2D eigenvalue weighted by Crippen LogP contribution is -2.50. The molecule has 114 valence electrons. The molecule has 0 bridgehead atoms. The van der Waals surface area contributed by atoms with Crippen molar-refractivity contribution in [1.82, 2.24) is 9.80 Å². The van der Waals surface area contributed by atoms with Gasteiger partial charge in [-0.3, -0.25) is 9.80 Å². The van der Waals surface area contributed by atoms with E-state index < -0.39 is 0 Å². The Balaban J connectivity index is 1.80. The van der Waals surface area contributed by atoms with Crippen molar-refractivity contribution in [3.63, 3.8) is 0 Å². The number of thiophene rings is 1. The van der Waals surface area contributed by atoms with Crippen LogP contribution >= 0.6 is 11.3 Å². The summed E-state index contributed by atoms with van der Waals surface area (Å²) in [4.78, 5) is 5.11. The zero-order valence-electron chi connectivity index (χ0n) is 13.0. The number of nitrogens with zero attached hydrogens (tertiary/aromatic N) is 2. The van der Waals surface area contributed by atoms with Gasteiger partial charge in [0.1, 0.15) is 0 Å². The molecular weight excluding hydrogens is 278 g/mol. The van der Waals surface area contributed by atoms with Crippen LogP contribution in [-0.4, -0.2) is 48.6 Å². The molecule has 1 unspecified atom stereocenters. The molecule has 0 radical (unpaired) electrons. The fourth-order valence-corrected chi connectivity index (χ4v) is 4.30. The summed E-state index contributed by atoms with van der Waals surface area (Å²) in [6.07, 6.45) is 0. The molecule has 3 rings (SSSR count). The van der Waals surface area contributed by atoms with Gasteiger partial charge >= 0.3 is 0 Å². The van der Waals surface area contributed by atoms with Gasteiger partial charge in [0.25, 0.3) is 0 Å². The van der Waals surface area contributed by atoms with Crippen molar-refractivity contribution in [3.05, 3.63) is 35.2 Å². The Bertz CT molecular complexity index is 584. The number of hydrogen-bond donors (Lipinski definition) is 1. The summed E-state index contributed by atoms with van der Waals surface area (Å²) in [5.74, 6) is 0. The van der Waals surface area contributed by atoms with E-state index in [4.69, 9.17) is 5.73 Å². The Morgan fingerprint density at radius 1 is 1.10 bits per heavy atom. The van der Waals surface area contributed by atoms with Gasteiger partial charge in [-0.25, -0.2) is 0 Å². The highest BCUT2D eigenvalue weighted by Gasteiger charge is 2.26. The van der Waals surface area contributed by atoms with Crippen LogP contribution in [0.15, 0.2) is 29.6 Å². The Hall–Kier alpha value is -0.940. The van der Waals surface area contributed by atoms with Crippen LogP contribution < -0.4 is 5.73 Å². The molecule has 21 heavy (non-hydrogen) atoms. The Morgan fingerprint density at radius 3 is 2.43 bits per heavy atom. The van der Waals surface area contributed by atoms with Crippen molar-refractivity contribution in [3.8, 4) is 0 Å². The predicted molar refractivity (Wildman–Crippen MR) is 91.9 cm³/mol. The van der Waals surface area contributed by atoms with Crippen LogP contribution in [0.4, 0.5) is 0 Å². The van der Waals surface area contributed by atoms with Crippen molar-refractivity contribution in [2.75, 3.05) is 32.7 Å². The summed E-state index contributed by atoms with van der Waals surface area (Å²) in [6.45, 7) is 9.79. The lowest BCUT2D eigenvalue weighted by Gasteiger charge is -2.40. The van der Waals surface area contributed by atoms with E-state index in [1.807, 2.05) is 11.3 Å². The molecule has 0 amide bonds. The molecule has 4 heteroatoms. The Kier molecular flexibility index (Phi) is 4.60. The molecule has 1 atom stereocenters. The number of nitrogens with two attached hydrogens (primary N) is 1. The van der Waals surface area contributed by atoms with Crippen molar-refractivity contribution in [1.29, 1.82) is 0 Å². The number of rotatable bonds is 4. The third kappa shape index (κ3) is 2.99. The highest BCUT2D eigenvalue weighted by molar-refractivity contribution is 7.17. The first-order chi connectivity index (χ1) is 10.2. The molecule has 1 fully saturated rings. The van der Waals surface area contributed by atoms with Gasteiger partial charge in [-0.1, -0.05) is 18.2 Å². The third-order valence-corrected chi connectivity index (χ3v) is 5.59. The van der Waals surface area contributed by atoms with Gasteiger partial charge in [-0.15, -0.1) is 11.3 Å². The van der Waals surface area contributed by atoms with Gasteiger partial charge in [0.2, 0.25) is 0 Å². The van der Waals surface area contributed by atoms with E-state index >= 15 is 0 Å². The van der Waals surface area contributed by atoms with Crippen LogP contribution in [0.1, 0.15) is 25.5 Å². The van der Waals surface area contributed by atoms with E-state index in [0.29, 0.717) is 18.6 Å². The third-order valence-electron chi connectivity index (χ3n) is 4.61. The molecule has 0 saturated carbocycles. The lowest BCUT2D eigenvalue weighted by molar-refractivity contribution is 0.0808. The van der Waals surface area contributed by atoms with Gasteiger partial charge < -0.3 is 5.73 Å². The van der Waals surface area contributed by atoms with Crippen molar-refractivity contribution < 1.29 is 0 Å². The van der Waals surface area contributed by atoms with Crippen LogP contribution in [0, 0.1) is 0 Å². The summed E-state index contributed by atoms with van der Waals surface area (Å²) in [7, 11) is 0. The van der Waals surface area contributed by atoms with Gasteiger partial charge in [0.05, 0.1) is 0 Å². The number of hydrogen-bond acceptors (Lipinski definition) is 4. The first kappa shape index (κ1) is 15.0. The van der Waals surface area contributed by atoms with Gasteiger partial charge in [-0.05, 0) is 36.2 Å². The molecule has 1 saturated heterocycles. The van der Waals surface area contributed by atoms with E-state index in [9.17, 15) is 0 Å². The fraction of sp³-hybridized carbons (Fsp3) is 0.529. The lowest BCUT2D eigenvalue weighted by atomic mass is 10.0. The van der Waals surface area contributed by atoms with Gasteiger partial charge in [-0.2, -0.15) is 0 Å². The second kappa shape index (κ2) is 6.44. The molecule has 0 spiro atoms. The van der Waals surface area contributed by atoms with Crippen molar-refractivity contribution >= 4 is 21.4 Å². The topological polar surface area (TPSA) is 32.5 Å². The quantitative estimate of drug-likeness (QED) is 0.942. The van der Waals surface area contributed by atoms with Crippen LogP contribution in [0.5, 0.6) is 0 Å². The maximum absolute atomic E-state index is 6.13. The number of benzene rings is 1. The zero-order chi connectivity index (χ0) is 14.8. The summed E-state index contributed by atoms with van der Waals surface area (Å²) in [5, 5.41) is 3.68. The predicted octanol–water partition coefficient (Wildman–Crippen LogP) is 2.93. The van der Waals surface area contributed by atoms with E-state index in [0.717, 1.165) is 26.2 Å². The standard InChI is InChI=1S/C17H25N3S/c1-13(2)19-7-9-20(10-8-19)16(11-18)15-12-21-17-6-4-3-5-14(15)17/h3-6,12-13,16H,7-11,18H2,1-2H3. The first-order valence-electron chi connectivity index (χ1n) is 7.85. The highest BCUT2D eigenvalue weighted by atomic mass is 32.1. The molecule has 2 heterocycles. The minimum Gasteiger partial charge on any atom is -0.329 e. The number of fused-ring (bicyclic) bond motifs is 1. The largest absolute Gasteiger partial charge is 0.329 e. The summed E-state index contributed by atoms with van der Waals surface area (Å²) in [5.41, 5.74) is 7.54. The maximum Gasteiger partial charge on any atom is 0.0485 e. The smallest absolute Gasteiger partial charge is 0.0485 e. The fourth-order valence-electron chi connectivity index (χ4n) is 3.29. The average Bonchev–Trinajstić information content (AvgIpc) is 2.93. The van der Waals surface area contributed by atoms with Crippen molar-refractivity contribution in [2.24, 2.45) is 5.73 Å². The first-order valence-corrected chi connectivity index (χ1v) is 8.73. The molecule has 2 aromatic rings. The molecule has 1 aliphatic heterocycles. The summed E-state index contributed by atoms with van der Waals surface area (Å²) in [6, 6.07) is 9.67. The zero-order valence-corrected chi connectivity index (χ0v) is 13.8. The molecule has 2 N–H and O–H groups in total. The maximum atomic E-state index is 6.13. The normalized spacial score (nSPS) is 19.4. The van der Waals surface area contributed by atoms with E-state index in [-0.39, 0.29) is 0 Å². The monoisotopic (exact) mass is 303 g/mol. The van der Waals surface area contributed by atoms with E-state index in [1.165, 1.54) is 15.6 Å². The summed E-state index contributed by atoms with van der Waals surface area (Å²) >= 11 is 1.83. The Morgan fingerprint density at radius 2 is 1.76 bits per heavy atom. The molecular formula is C17H25N3S. The second-order valence-electron chi connectivity index (χ2n) is 6.10. The van der Waals surface area contributed by atoms with Crippen LogP contribution in [0.2, 0.25) is 0 Å². The van der Waals surface area contributed by atoms with Gasteiger partial charge in [0, 0.05) is 49.5 Å². The SMILES string of the molecule is CC(C)N1CCN(C(CN)c2csc3ccccc23)CC1. The van der Waals surface area contributed by atoms with Crippen molar-refractivity contribution in [2.45, 2.75) is 25.9 Å². The van der Waals surface area contributed by atoms with Gasteiger partial charge in [0.15, 0.2) is 0 Å². The van der Waals surface area contributed by atoms with E-state index in [1.54, 1.807) is 0 Å². The molecule has 1 aromatic carbocycles. The summed E-state index contributed by atoms with van der Waals surface area (Å²) < 4.78 is 1.37. The molecule has 1 aromatic heterocycles. The Labute approximate surface area is 131 Å². The van der Waals surface area contributed by atoms with Crippen LogP contribution in [-0.2, 0) is 0 Å². The average molecular weight is 303 g/mol. The molecule has 3 nitrogen and oxygen atoms in total. The molecule has 0 aliphatic carbocycles.